The third-order valence-corrected chi connectivity index (χ3v) is 8.38. The largest absolute Gasteiger partial charge is 0.366 e. The molecule has 3 aromatic rings. The first-order valence-corrected chi connectivity index (χ1v) is 14.4. The second-order valence-corrected chi connectivity index (χ2v) is 12.9. The first kappa shape index (κ1) is 26.4. The Hall–Kier alpha value is -2.70. The summed E-state index contributed by atoms with van der Waals surface area (Å²) in [4.78, 5) is 19.1. The highest BCUT2D eigenvalue weighted by molar-refractivity contribution is 8.01. The van der Waals surface area contributed by atoms with Gasteiger partial charge in [0.15, 0.2) is 0 Å². The van der Waals surface area contributed by atoms with Gasteiger partial charge in [-0.1, -0.05) is 81.4 Å². The van der Waals surface area contributed by atoms with Crippen LogP contribution in [0.15, 0.2) is 89.5 Å². The summed E-state index contributed by atoms with van der Waals surface area (Å²) in [6.45, 7) is 9.14. The number of carbonyl (C=O) groups is 1. The lowest BCUT2D eigenvalue weighted by molar-refractivity contribution is 0.0709. The number of fused-ring (bicyclic) bond motifs is 1. The summed E-state index contributed by atoms with van der Waals surface area (Å²) in [7, 11) is 0. The van der Waals surface area contributed by atoms with Crippen LogP contribution in [0.25, 0.3) is 10.8 Å². The first-order chi connectivity index (χ1) is 17.3. The number of carbonyl (C=O) groups excluding carboxylic acids is 1. The molecule has 0 atom stereocenters. The molecular formula is C30H35N3OS2. The summed E-state index contributed by atoms with van der Waals surface area (Å²) < 4.78 is 0.140. The number of nitrogens with zero attached hydrogens (tertiary/aromatic N) is 2. The molecule has 6 heteroatoms. The number of hydrogen-bond acceptors (Lipinski definition) is 5. The molecule has 0 saturated carbocycles. The van der Waals surface area contributed by atoms with Crippen LogP contribution in [0.4, 0.5) is 0 Å². The van der Waals surface area contributed by atoms with E-state index in [1.165, 1.54) is 4.90 Å². The van der Waals surface area contributed by atoms with Gasteiger partial charge in [-0.3, -0.25) is 4.79 Å². The molecule has 0 spiro atoms. The van der Waals surface area contributed by atoms with E-state index in [2.05, 4.69) is 68.1 Å². The molecule has 0 radical (unpaired) electrons. The van der Waals surface area contributed by atoms with Crippen LogP contribution in [0.2, 0.25) is 0 Å². The lowest BCUT2D eigenvalue weighted by Gasteiger charge is -2.38. The minimum Gasteiger partial charge on any atom is -0.366 e. The Morgan fingerprint density at radius 3 is 2.47 bits per heavy atom. The van der Waals surface area contributed by atoms with Gasteiger partial charge in [-0.25, -0.2) is 0 Å². The maximum atomic E-state index is 13.6. The highest BCUT2D eigenvalue weighted by atomic mass is 32.2. The molecule has 1 N–H and O–H groups in total. The topological polar surface area (TPSA) is 47.4 Å². The molecule has 36 heavy (non-hydrogen) atoms. The number of rotatable bonds is 8. The third-order valence-electron chi connectivity index (χ3n) is 6.08. The van der Waals surface area contributed by atoms with E-state index in [4.69, 9.17) is 5.41 Å². The zero-order chi connectivity index (χ0) is 25.5. The summed E-state index contributed by atoms with van der Waals surface area (Å²) in [6, 6.07) is 24.4. The van der Waals surface area contributed by atoms with Crippen molar-refractivity contribution in [1.29, 1.82) is 5.41 Å². The maximum absolute atomic E-state index is 13.6. The van der Waals surface area contributed by atoms with Gasteiger partial charge < -0.3 is 15.2 Å². The second kappa shape index (κ2) is 12.0. The van der Waals surface area contributed by atoms with E-state index >= 15 is 0 Å². The molecule has 188 valence electrons. The Kier molecular flexibility index (Phi) is 8.81. The number of piperazine rings is 1. The van der Waals surface area contributed by atoms with Gasteiger partial charge in [-0.05, 0) is 29.0 Å². The molecule has 1 heterocycles. The van der Waals surface area contributed by atoms with E-state index in [0.717, 1.165) is 45.8 Å². The highest BCUT2D eigenvalue weighted by Gasteiger charge is 2.27. The predicted octanol–water partition coefficient (Wildman–Crippen LogP) is 6.83. The zero-order valence-corrected chi connectivity index (χ0v) is 23.0. The van der Waals surface area contributed by atoms with Crippen LogP contribution in [-0.4, -0.2) is 63.9 Å². The average Bonchev–Trinajstić information content (AvgIpc) is 2.88. The van der Waals surface area contributed by atoms with Crippen LogP contribution in [0, 0.1) is 5.41 Å². The monoisotopic (exact) mass is 517 g/mol. The van der Waals surface area contributed by atoms with Crippen molar-refractivity contribution in [2.45, 2.75) is 30.4 Å². The van der Waals surface area contributed by atoms with E-state index in [1.807, 2.05) is 53.1 Å². The highest BCUT2D eigenvalue weighted by Crippen LogP contribution is 2.26. The molecule has 1 amide bonds. The van der Waals surface area contributed by atoms with E-state index in [1.54, 1.807) is 11.8 Å². The molecule has 1 saturated heterocycles. The molecule has 1 aliphatic heterocycles. The number of thioether (sulfide) groups is 2. The molecule has 1 fully saturated rings. The van der Waals surface area contributed by atoms with Crippen molar-refractivity contribution in [2.24, 2.45) is 0 Å². The Labute approximate surface area is 223 Å². The average molecular weight is 518 g/mol. The Bertz CT molecular complexity index is 1230. The fraction of sp³-hybridized carbons (Fsp3) is 0.333. The Morgan fingerprint density at radius 1 is 0.972 bits per heavy atom. The molecule has 3 aromatic carbocycles. The van der Waals surface area contributed by atoms with Crippen LogP contribution >= 0.6 is 23.5 Å². The van der Waals surface area contributed by atoms with Crippen molar-refractivity contribution >= 4 is 45.9 Å². The molecule has 0 aliphatic carbocycles. The van der Waals surface area contributed by atoms with Crippen LogP contribution in [0.5, 0.6) is 0 Å². The molecule has 4 nitrogen and oxygen atoms in total. The Balaban J connectivity index is 1.50. The second-order valence-electron chi connectivity index (χ2n) is 10.00. The van der Waals surface area contributed by atoms with Crippen molar-refractivity contribution in [3.05, 3.63) is 90.1 Å². The quantitative estimate of drug-likeness (QED) is 0.263. The minimum absolute atomic E-state index is 0.0754. The zero-order valence-electron chi connectivity index (χ0n) is 21.4. The van der Waals surface area contributed by atoms with Gasteiger partial charge in [0.25, 0.3) is 5.91 Å². The summed E-state index contributed by atoms with van der Waals surface area (Å²) in [5, 5.41) is 10.7. The van der Waals surface area contributed by atoms with Gasteiger partial charge in [0.2, 0.25) is 0 Å². The fourth-order valence-corrected chi connectivity index (χ4v) is 5.74. The smallest absolute Gasteiger partial charge is 0.254 e. The van der Waals surface area contributed by atoms with Crippen LogP contribution in [-0.2, 0) is 0 Å². The lowest BCUT2D eigenvalue weighted by atomic mass is 10.0. The van der Waals surface area contributed by atoms with Crippen molar-refractivity contribution in [2.75, 3.05) is 37.7 Å². The minimum atomic E-state index is 0.0754. The van der Waals surface area contributed by atoms with Crippen LogP contribution < -0.4 is 0 Å². The lowest BCUT2D eigenvalue weighted by Crippen LogP contribution is -2.48. The normalized spacial score (nSPS) is 15.5. The van der Waals surface area contributed by atoms with Gasteiger partial charge in [0.05, 0.1) is 13.1 Å². The van der Waals surface area contributed by atoms with Crippen LogP contribution in [0.3, 0.4) is 0 Å². The number of nitrogens with one attached hydrogen (secondary N) is 1. The molecule has 4 rings (SSSR count). The van der Waals surface area contributed by atoms with Crippen molar-refractivity contribution in [3.8, 4) is 0 Å². The fourth-order valence-electron chi connectivity index (χ4n) is 4.22. The number of amides is 1. The first-order valence-electron chi connectivity index (χ1n) is 12.4. The number of benzene rings is 3. The maximum Gasteiger partial charge on any atom is 0.254 e. The van der Waals surface area contributed by atoms with Crippen molar-refractivity contribution in [3.63, 3.8) is 0 Å². The van der Waals surface area contributed by atoms with E-state index in [-0.39, 0.29) is 10.7 Å². The van der Waals surface area contributed by atoms with Crippen molar-refractivity contribution < 1.29 is 4.79 Å². The van der Waals surface area contributed by atoms with Gasteiger partial charge in [-0.2, -0.15) is 0 Å². The van der Waals surface area contributed by atoms with Gasteiger partial charge in [0.1, 0.15) is 0 Å². The molecule has 0 aromatic heterocycles. The molecular weight excluding hydrogens is 482 g/mol. The third kappa shape index (κ3) is 7.17. The SMILES string of the molecule is CC(C)(C)SCC(=N)CN1CCN(C(=O)c2cccc3ccccc23)C/C1=C\CSc1ccccc1. The van der Waals surface area contributed by atoms with Gasteiger partial charge in [-0.15, -0.1) is 23.5 Å². The van der Waals surface area contributed by atoms with E-state index in [0.29, 0.717) is 19.6 Å². The standard InChI is InChI=1S/C30H35N3OS2/c1-30(2,3)36-22-24(31)20-32-17-18-33(21-25(32)16-19-35-26-12-5-4-6-13-26)29(34)28-15-9-11-23-10-7-8-14-27(23)28/h4-16,31H,17-22H2,1-3H3/b25-16+,31-24?. The molecule has 0 unspecified atom stereocenters. The Morgan fingerprint density at radius 2 is 1.69 bits per heavy atom. The van der Waals surface area contributed by atoms with Gasteiger partial charge >= 0.3 is 0 Å². The van der Waals surface area contributed by atoms with Gasteiger partial charge in [0, 0.05) is 51.2 Å². The summed E-state index contributed by atoms with van der Waals surface area (Å²) >= 11 is 3.60. The van der Waals surface area contributed by atoms with E-state index in [9.17, 15) is 4.79 Å². The van der Waals surface area contributed by atoms with E-state index < -0.39 is 0 Å². The summed E-state index contributed by atoms with van der Waals surface area (Å²) in [5.74, 6) is 1.63. The summed E-state index contributed by atoms with van der Waals surface area (Å²) in [6.07, 6.45) is 2.24. The predicted molar refractivity (Wildman–Crippen MR) is 157 cm³/mol. The summed E-state index contributed by atoms with van der Waals surface area (Å²) in [5.41, 5.74) is 2.61. The van der Waals surface area contributed by atoms with Crippen molar-refractivity contribution in [1.82, 2.24) is 9.80 Å². The molecule has 1 aliphatic rings. The van der Waals surface area contributed by atoms with Crippen LogP contribution in [0.1, 0.15) is 31.1 Å². The number of hydrogen-bond donors (Lipinski definition) is 1. The molecule has 0 bridgehead atoms.